The predicted molar refractivity (Wildman–Crippen MR) is 65.1 cm³/mol. The third-order valence-electron chi connectivity index (χ3n) is 2.82. The van der Waals surface area contributed by atoms with Crippen molar-refractivity contribution in [3.63, 3.8) is 0 Å². The molecule has 1 atom stereocenters. The first-order chi connectivity index (χ1) is 8.34. The molecule has 0 spiro atoms. The van der Waals surface area contributed by atoms with Crippen LogP contribution >= 0.6 is 15.9 Å². The first-order valence-electron chi connectivity index (χ1n) is 5.01. The summed E-state index contributed by atoms with van der Waals surface area (Å²) in [5.74, 6) is -1.54. The molecule has 0 bridgehead atoms. The van der Waals surface area contributed by atoms with Crippen LogP contribution in [0.2, 0.25) is 0 Å². The number of benzene rings is 1. The molecule has 1 fully saturated rings. The number of urea groups is 1. The van der Waals surface area contributed by atoms with Crippen molar-refractivity contribution in [3.8, 4) is 0 Å². The van der Waals surface area contributed by atoms with Crippen molar-refractivity contribution in [2.75, 3.05) is 0 Å². The molecule has 3 N–H and O–H groups in total. The van der Waals surface area contributed by atoms with E-state index < -0.39 is 23.4 Å². The minimum Gasteiger partial charge on any atom is -0.478 e. The van der Waals surface area contributed by atoms with Crippen LogP contribution in [0.4, 0.5) is 4.79 Å². The lowest BCUT2D eigenvalue weighted by Gasteiger charge is -2.21. The van der Waals surface area contributed by atoms with Gasteiger partial charge in [0, 0.05) is 4.47 Å². The first-order valence-corrected chi connectivity index (χ1v) is 5.81. The molecule has 2 rings (SSSR count). The molecule has 7 heteroatoms. The zero-order valence-electron chi connectivity index (χ0n) is 9.28. The van der Waals surface area contributed by atoms with Gasteiger partial charge in [0.1, 0.15) is 5.54 Å². The molecule has 94 valence electrons. The van der Waals surface area contributed by atoms with Gasteiger partial charge < -0.3 is 10.4 Å². The number of amides is 3. The molecule has 0 saturated carbocycles. The van der Waals surface area contributed by atoms with E-state index >= 15 is 0 Å². The fraction of sp³-hybridized carbons (Fsp3) is 0.182. The van der Waals surface area contributed by atoms with Crippen LogP contribution in [0.1, 0.15) is 22.8 Å². The van der Waals surface area contributed by atoms with Gasteiger partial charge in [0.25, 0.3) is 5.91 Å². The largest absolute Gasteiger partial charge is 0.478 e. The van der Waals surface area contributed by atoms with E-state index in [0.717, 1.165) is 0 Å². The van der Waals surface area contributed by atoms with Crippen LogP contribution in [0.25, 0.3) is 0 Å². The topological polar surface area (TPSA) is 95.5 Å². The first kappa shape index (κ1) is 12.6. The van der Waals surface area contributed by atoms with E-state index in [2.05, 4.69) is 26.6 Å². The second-order valence-electron chi connectivity index (χ2n) is 4.03. The Balaban J connectivity index is 2.47. The van der Waals surface area contributed by atoms with Crippen molar-refractivity contribution >= 4 is 33.8 Å². The third kappa shape index (κ3) is 1.86. The maximum atomic E-state index is 11.7. The second kappa shape index (κ2) is 4.09. The number of imide groups is 1. The van der Waals surface area contributed by atoms with Crippen LogP contribution in [0.15, 0.2) is 22.7 Å². The molecule has 6 nitrogen and oxygen atoms in total. The maximum absolute atomic E-state index is 11.7. The minimum absolute atomic E-state index is 0.0899. The van der Waals surface area contributed by atoms with Gasteiger partial charge in [-0.05, 0) is 40.5 Å². The lowest BCUT2D eigenvalue weighted by molar-refractivity contribution is -0.123. The third-order valence-corrected chi connectivity index (χ3v) is 3.48. The average Bonchev–Trinajstić information content (AvgIpc) is 2.53. The van der Waals surface area contributed by atoms with Gasteiger partial charge in [-0.3, -0.25) is 10.1 Å². The summed E-state index contributed by atoms with van der Waals surface area (Å²) >= 11 is 3.13. The van der Waals surface area contributed by atoms with E-state index in [9.17, 15) is 14.4 Å². The normalized spacial score (nSPS) is 22.6. The Bertz CT molecular complexity index is 572. The Hall–Kier alpha value is -1.89. The average molecular weight is 313 g/mol. The number of halogens is 1. The molecule has 1 heterocycles. The maximum Gasteiger partial charge on any atom is 0.336 e. The number of hydrogen-bond donors (Lipinski definition) is 3. The zero-order valence-corrected chi connectivity index (χ0v) is 10.9. The van der Waals surface area contributed by atoms with E-state index in [1.165, 1.54) is 18.2 Å². The molecule has 1 aliphatic rings. The highest BCUT2D eigenvalue weighted by atomic mass is 79.9. The molecule has 0 aliphatic carbocycles. The molecule has 18 heavy (non-hydrogen) atoms. The van der Waals surface area contributed by atoms with Gasteiger partial charge in [0.2, 0.25) is 0 Å². The van der Waals surface area contributed by atoms with Crippen molar-refractivity contribution in [2.24, 2.45) is 0 Å². The van der Waals surface area contributed by atoms with Crippen molar-refractivity contribution in [2.45, 2.75) is 12.5 Å². The number of aromatic carboxylic acids is 1. The molecular formula is C11H9BrN2O4. The summed E-state index contributed by atoms with van der Waals surface area (Å²) in [5.41, 5.74) is -0.591. The van der Waals surface area contributed by atoms with Gasteiger partial charge >= 0.3 is 12.0 Å². The van der Waals surface area contributed by atoms with Gasteiger partial charge in [0.05, 0.1) is 5.56 Å². The predicted octanol–water partition coefficient (Wildman–Crippen LogP) is 1.20. The molecule has 1 aliphatic heterocycles. The molecule has 1 aromatic rings. The molecule has 0 radical (unpaired) electrons. The fourth-order valence-corrected chi connectivity index (χ4v) is 2.29. The summed E-state index contributed by atoms with van der Waals surface area (Å²) in [5, 5.41) is 13.5. The SMILES string of the molecule is CC1(c2ccc(C(=O)O)c(Br)c2)NC(=O)NC1=O. The smallest absolute Gasteiger partial charge is 0.336 e. The summed E-state index contributed by atoms with van der Waals surface area (Å²) in [7, 11) is 0. The van der Waals surface area contributed by atoms with Crippen LogP contribution in [0, 0.1) is 0 Å². The summed E-state index contributed by atoms with van der Waals surface area (Å²) < 4.78 is 0.350. The summed E-state index contributed by atoms with van der Waals surface area (Å²) in [6.45, 7) is 1.55. The Labute approximate surface area is 110 Å². The quantitative estimate of drug-likeness (QED) is 0.715. The molecule has 1 saturated heterocycles. The van der Waals surface area contributed by atoms with Crippen LogP contribution < -0.4 is 10.6 Å². The monoisotopic (exact) mass is 312 g/mol. The highest BCUT2D eigenvalue weighted by Crippen LogP contribution is 2.28. The summed E-state index contributed by atoms with van der Waals surface area (Å²) in [6.07, 6.45) is 0. The van der Waals surface area contributed by atoms with Gasteiger partial charge in [-0.25, -0.2) is 9.59 Å². The second-order valence-corrected chi connectivity index (χ2v) is 4.89. The van der Waals surface area contributed by atoms with Crippen molar-refractivity contribution in [3.05, 3.63) is 33.8 Å². The molecule has 1 aromatic carbocycles. The Kier molecular flexibility index (Phi) is 2.86. The van der Waals surface area contributed by atoms with E-state index in [-0.39, 0.29) is 5.56 Å². The van der Waals surface area contributed by atoms with E-state index in [1.807, 2.05) is 0 Å². The molecule has 3 amide bonds. The zero-order chi connectivity index (χ0) is 13.5. The lowest BCUT2D eigenvalue weighted by atomic mass is 9.91. The number of carbonyl (C=O) groups is 3. The molecule has 1 unspecified atom stereocenters. The lowest BCUT2D eigenvalue weighted by Crippen LogP contribution is -2.40. The van der Waals surface area contributed by atoms with Crippen LogP contribution in [0.5, 0.6) is 0 Å². The van der Waals surface area contributed by atoms with Crippen molar-refractivity contribution < 1.29 is 19.5 Å². The Morgan fingerprint density at radius 3 is 2.50 bits per heavy atom. The van der Waals surface area contributed by atoms with Gasteiger partial charge in [0.15, 0.2) is 0 Å². The van der Waals surface area contributed by atoms with Crippen molar-refractivity contribution in [1.29, 1.82) is 0 Å². The number of carboxylic acid groups (broad SMARTS) is 1. The van der Waals surface area contributed by atoms with Gasteiger partial charge in [-0.2, -0.15) is 0 Å². The van der Waals surface area contributed by atoms with Crippen LogP contribution in [-0.2, 0) is 10.3 Å². The van der Waals surface area contributed by atoms with Crippen molar-refractivity contribution in [1.82, 2.24) is 10.6 Å². The minimum atomic E-state index is -1.18. The van der Waals surface area contributed by atoms with Gasteiger partial charge in [-0.1, -0.05) is 6.07 Å². The molecular weight excluding hydrogens is 304 g/mol. The number of carbonyl (C=O) groups excluding carboxylic acids is 2. The van der Waals surface area contributed by atoms with Crippen LogP contribution in [0.3, 0.4) is 0 Å². The van der Waals surface area contributed by atoms with E-state index in [1.54, 1.807) is 6.92 Å². The summed E-state index contributed by atoms with van der Waals surface area (Å²) in [6, 6.07) is 3.82. The Morgan fingerprint density at radius 2 is 2.06 bits per heavy atom. The highest BCUT2D eigenvalue weighted by Gasteiger charge is 2.43. The summed E-state index contributed by atoms with van der Waals surface area (Å²) in [4.78, 5) is 33.7. The number of rotatable bonds is 2. The number of carboxylic acids is 1. The van der Waals surface area contributed by atoms with E-state index in [4.69, 9.17) is 5.11 Å². The fourth-order valence-electron chi connectivity index (χ4n) is 1.75. The number of hydrogen-bond acceptors (Lipinski definition) is 3. The number of nitrogens with one attached hydrogen (secondary N) is 2. The standard InChI is InChI=1S/C11H9BrN2O4/c1-11(9(17)13-10(18)14-11)5-2-3-6(8(15)16)7(12)4-5/h2-4H,1H3,(H,15,16)(H2,13,14,17,18). The van der Waals surface area contributed by atoms with Gasteiger partial charge in [-0.15, -0.1) is 0 Å². The van der Waals surface area contributed by atoms with E-state index in [0.29, 0.717) is 10.0 Å². The molecule has 0 aromatic heterocycles. The van der Waals surface area contributed by atoms with Crippen LogP contribution in [-0.4, -0.2) is 23.0 Å². The highest BCUT2D eigenvalue weighted by molar-refractivity contribution is 9.10. The Morgan fingerprint density at radius 1 is 1.39 bits per heavy atom.